The molecule has 0 aliphatic heterocycles. The van der Waals surface area contributed by atoms with Crippen LogP contribution in [-0.2, 0) is 27.9 Å². The first-order valence-corrected chi connectivity index (χ1v) is 11.2. The summed E-state index contributed by atoms with van der Waals surface area (Å²) < 4.78 is 6.45. The molecular weight excluding hydrogens is 442 g/mol. The molecular formula is C23H25N5O4S. The van der Waals surface area contributed by atoms with Crippen LogP contribution in [-0.4, -0.2) is 56.9 Å². The molecule has 0 aliphatic carbocycles. The second kappa shape index (κ2) is 11.8. The van der Waals surface area contributed by atoms with E-state index in [0.717, 1.165) is 5.56 Å². The number of hydrogen-bond acceptors (Lipinski definition) is 7. The summed E-state index contributed by atoms with van der Waals surface area (Å²) in [5, 5.41) is 11.2. The highest BCUT2D eigenvalue weighted by atomic mass is 32.2. The minimum Gasteiger partial charge on any atom is -0.469 e. The van der Waals surface area contributed by atoms with E-state index in [0.29, 0.717) is 23.0 Å². The van der Waals surface area contributed by atoms with Gasteiger partial charge in [0.15, 0.2) is 5.16 Å². The van der Waals surface area contributed by atoms with Gasteiger partial charge in [0.25, 0.3) is 5.91 Å². The molecule has 2 aromatic carbocycles. The Labute approximate surface area is 196 Å². The highest BCUT2D eigenvalue weighted by Gasteiger charge is 2.18. The molecule has 33 heavy (non-hydrogen) atoms. The number of aromatic nitrogens is 3. The van der Waals surface area contributed by atoms with Crippen LogP contribution in [0.1, 0.15) is 22.3 Å². The molecule has 1 heterocycles. The van der Waals surface area contributed by atoms with Crippen LogP contribution in [0.3, 0.4) is 0 Å². The number of ether oxygens (including phenoxy) is 1. The molecule has 0 spiro atoms. The minimum atomic E-state index is -0.387. The lowest BCUT2D eigenvalue weighted by Gasteiger charge is -2.23. The van der Waals surface area contributed by atoms with Crippen LogP contribution in [0.4, 0.5) is 5.69 Å². The molecule has 3 aromatic rings. The van der Waals surface area contributed by atoms with Crippen molar-refractivity contribution in [3.63, 3.8) is 0 Å². The third kappa shape index (κ3) is 7.18. The fourth-order valence-electron chi connectivity index (χ4n) is 3.03. The van der Waals surface area contributed by atoms with Gasteiger partial charge in [0, 0.05) is 31.4 Å². The highest BCUT2D eigenvalue weighted by molar-refractivity contribution is 7.99. The first kappa shape index (κ1) is 24.0. The zero-order valence-electron chi connectivity index (χ0n) is 18.4. The van der Waals surface area contributed by atoms with Crippen LogP contribution >= 0.6 is 11.8 Å². The Hall–Kier alpha value is -3.66. The zero-order chi connectivity index (χ0) is 23.6. The van der Waals surface area contributed by atoms with Crippen molar-refractivity contribution in [2.24, 2.45) is 7.05 Å². The normalized spacial score (nSPS) is 10.5. The number of aryl methyl sites for hydroxylation is 1. The van der Waals surface area contributed by atoms with E-state index < -0.39 is 0 Å². The third-order valence-corrected chi connectivity index (χ3v) is 5.75. The van der Waals surface area contributed by atoms with E-state index in [1.165, 1.54) is 18.9 Å². The topological polar surface area (TPSA) is 106 Å². The lowest BCUT2D eigenvalue weighted by molar-refractivity contribution is -0.140. The Morgan fingerprint density at radius 1 is 1.12 bits per heavy atom. The largest absolute Gasteiger partial charge is 0.469 e. The number of anilines is 1. The molecule has 0 unspecified atom stereocenters. The first-order chi connectivity index (χ1) is 16.0. The van der Waals surface area contributed by atoms with Crippen molar-refractivity contribution in [1.29, 1.82) is 0 Å². The standard InChI is InChI=1S/C23H25N5O4S/c1-27-16-24-26-23(27)33-15-20(29)25-19-10-6-9-18(13-19)22(31)28(12-11-21(30)32-2)14-17-7-4-3-5-8-17/h3-10,13,16H,11-12,14-15H2,1-2H3,(H,25,29). The van der Waals surface area contributed by atoms with Crippen LogP contribution in [0.15, 0.2) is 66.1 Å². The summed E-state index contributed by atoms with van der Waals surface area (Å²) in [4.78, 5) is 38.8. The number of esters is 1. The van der Waals surface area contributed by atoms with Crippen LogP contribution in [0.5, 0.6) is 0 Å². The third-order valence-electron chi connectivity index (χ3n) is 4.71. The number of nitrogens with zero attached hydrogens (tertiary/aromatic N) is 4. The Balaban J connectivity index is 1.67. The van der Waals surface area contributed by atoms with Gasteiger partial charge in [-0.1, -0.05) is 48.2 Å². The van der Waals surface area contributed by atoms with Crippen LogP contribution in [0.2, 0.25) is 0 Å². The molecule has 0 saturated carbocycles. The van der Waals surface area contributed by atoms with Crippen molar-refractivity contribution in [2.75, 3.05) is 24.7 Å². The van der Waals surface area contributed by atoms with Crippen molar-refractivity contribution < 1.29 is 19.1 Å². The maximum Gasteiger partial charge on any atom is 0.307 e. The number of nitrogens with one attached hydrogen (secondary N) is 1. The minimum absolute atomic E-state index is 0.0881. The Bertz CT molecular complexity index is 1100. The molecule has 0 fully saturated rings. The lowest BCUT2D eigenvalue weighted by Crippen LogP contribution is -2.33. The molecule has 0 aliphatic rings. The second-order valence-electron chi connectivity index (χ2n) is 7.18. The van der Waals surface area contributed by atoms with Crippen LogP contribution in [0, 0.1) is 0 Å². The average molecular weight is 468 g/mol. The predicted molar refractivity (Wildman–Crippen MR) is 125 cm³/mol. The van der Waals surface area contributed by atoms with Gasteiger partial charge in [-0.05, 0) is 23.8 Å². The molecule has 0 radical (unpaired) electrons. The van der Waals surface area contributed by atoms with Crippen molar-refractivity contribution in [2.45, 2.75) is 18.1 Å². The summed E-state index contributed by atoms with van der Waals surface area (Å²) in [5.41, 5.74) is 1.87. The van der Waals surface area contributed by atoms with Gasteiger partial charge in [0.2, 0.25) is 5.91 Å². The van der Waals surface area contributed by atoms with E-state index in [-0.39, 0.29) is 36.5 Å². The number of thioether (sulfide) groups is 1. The van der Waals surface area contributed by atoms with Crippen molar-refractivity contribution in [1.82, 2.24) is 19.7 Å². The number of carbonyl (C=O) groups is 3. The molecule has 172 valence electrons. The van der Waals surface area contributed by atoms with Crippen LogP contribution in [0.25, 0.3) is 0 Å². The van der Waals surface area contributed by atoms with Crippen molar-refractivity contribution >= 4 is 35.2 Å². The number of hydrogen-bond donors (Lipinski definition) is 1. The molecule has 9 nitrogen and oxygen atoms in total. The molecule has 1 N–H and O–H groups in total. The average Bonchev–Trinajstić information content (AvgIpc) is 3.25. The summed E-state index contributed by atoms with van der Waals surface area (Å²) in [5.74, 6) is -0.696. The number of benzene rings is 2. The quantitative estimate of drug-likeness (QED) is 0.361. The smallest absolute Gasteiger partial charge is 0.307 e. The molecule has 10 heteroatoms. The van der Waals surface area contributed by atoms with Gasteiger partial charge in [-0.2, -0.15) is 0 Å². The number of amides is 2. The summed E-state index contributed by atoms with van der Waals surface area (Å²) >= 11 is 1.27. The van der Waals surface area contributed by atoms with Crippen molar-refractivity contribution in [3.05, 3.63) is 72.1 Å². The molecule has 3 rings (SSSR count). The van der Waals surface area contributed by atoms with Crippen LogP contribution < -0.4 is 5.32 Å². The SMILES string of the molecule is COC(=O)CCN(Cc1ccccc1)C(=O)c1cccc(NC(=O)CSc2nncn2C)c1. The molecule has 1 aromatic heterocycles. The van der Waals surface area contributed by atoms with E-state index in [1.54, 1.807) is 47.1 Å². The Morgan fingerprint density at radius 3 is 2.61 bits per heavy atom. The van der Waals surface area contributed by atoms with Gasteiger partial charge >= 0.3 is 5.97 Å². The fraction of sp³-hybridized carbons (Fsp3) is 0.261. The summed E-state index contributed by atoms with van der Waals surface area (Å²) in [6.45, 7) is 0.562. The van der Waals surface area contributed by atoms with E-state index >= 15 is 0 Å². The van der Waals surface area contributed by atoms with Gasteiger partial charge in [0.1, 0.15) is 6.33 Å². The molecule has 0 bridgehead atoms. The highest BCUT2D eigenvalue weighted by Crippen LogP contribution is 2.17. The number of carbonyl (C=O) groups excluding carboxylic acids is 3. The Kier molecular flexibility index (Phi) is 8.59. The van der Waals surface area contributed by atoms with Gasteiger partial charge in [-0.25, -0.2) is 0 Å². The van der Waals surface area contributed by atoms with Gasteiger partial charge in [-0.3, -0.25) is 14.4 Å². The summed E-state index contributed by atoms with van der Waals surface area (Å²) in [6.07, 6.45) is 1.65. The van der Waals surface area contributed by atoms with E-state index in [1.807, 2.05) is 30.3 Å². The van der Waals surface area contributed by atoms with Crippen molar-refractivity contribution in [3.8, 4) is 0 Å². The van der Waals surface area contributed by atoms with E-state index in [2.05, 4.69) is 15.5 Å². The molecule has 0 saturated heterocycles. The van der Waals surface area contributed by atoms with E-state index in [9.17, 15) is 14.4 Å². The maximum absolute atomic E-state index is 13.2. The lowest BCUT2D eigenvalue weighted by atomic mass is 10.1. The first-order valence-electron chi connectivity index (χ1n) is 10.2. The number of rotatable bonds is 10. The maximum atomic E-state index is 13.2. The summed E-state index contributed by atoms with van der Waals surface area (Å²) in [6, 6.07) is 16.3. The fourth-order valence-corrected chi connectivity index (χ4v) is 3.72. The van der Waals surface area contributed by atoms with Gasteiger partial charge in [-0.15, -0.1) is 10.2 Å². The van der Waals surface area contributed by atoms with Gasteiger partial charge in [0.05, 0.1) is 19.3 Å². The van der Waals surface area contributed by atoms with Gasteiger partial charge < -0.3 is 19.5 Å². The second-order valence-corrected chi connectivity index (χ2v) is 8.12. The van der Waals surface area contributed by atoms with E-state index in [4.69, 9.17) is 4.74 Å². The summed E-state index contributed by atoms with van der Waals surface area (Å²) in [7, 11) is 3.12. The molecule has 2 amide bonds. The Morgan fingerprint density at radius 2 is 1.91 bits per heavy atom. The monoisotopic (exact) mass is 467 g/mol. The molecule has 0 atom stereocenters. The number of methoxy groups -OCH3 is 1. The predicted octanol–water partition coefficient (Wildman–Crippen LogP) is 2.75. The zero-order valence-corrected chi connectivity index (χ0v) is 19.2.